The van der Waals surface area contributed by atoms with Crippen LogP contribution in [0.25, 0.3) is 0 Å². The van der Waals surface area contributed by atoms with Crippen LogP contribution in [-0.4, -0.2) is 78.6 Å². The van der Waals surface area contributed by atoms with Gasteiger partial charge in [-0.15, -0.1) is 0 Å². The van der Waals surface area contributed by atoms with Gasteiger partial charge in [-0.3, -0.25) is 9.69 Å². The van der Waals surface area contributed by atoms with Crippen LogP contribution in [0.1, 0.15) is 64.2 Å². The molecule has 0 bridgehead atoms. The zero-order chi connectivity index (χ0) is 21.7. The van der Waals surface area contributed by atoms with Crippen LogP contribution in [0.2, 0.25) is 0 Å². The predicted molar refractivity (Wildman–Crippen MR) is 123 cm³/mol. The maximum atomic E-state index is 13.1. The molecule has 3 rings (SSSR count). The predicted octanol–water partition coefficient (Wildman–Crippen LogP) is 4.13. The summed E-state index contributed by atoms with van der Waals surface area (Å²) in [5.41, 5.74) is 1.08. The molecule has 1 amide bonds. The van der Waals surface area contributed by atoms with E-state index >= 15 is 0 Å². The summed E-state index contributed by atoms with van der Waals surface area (Å²) >= 11 is 0. The third-order valence-electron chi connectivity index (χ3n) is 6.40. The minimum absolute atomic E-state index is 0.134. The van der Waals surface area contributed by atoms with Crippen LogP contribution in [0, 0.1) is 5.41 Å². The second kappa shape index (κ2) is 10.1. The van der Waals surface area contributed by atoms with Crippen LogP contribution >= 0.6 is 0 Å². The molecule has 2 saturated heterocycles. The van der Waals surface area contributed by atoms with E-state index in [2.05, 4.69) is 44.4 Å². The Bertz CT molecular complexity index is 688. The van der Waals surface area contributed by atoms with Crippen molar-refractivity contribution in [2.75, 3.05) is 45.8 Å². The molecule has 30 heavy (non-hydrogen) atoms. The Morgan fingerprint density at radius 1 is 1.10 bits per heavy atom. The highest BCUT2D eigenvalue weighted by molar-refractivity contribution is 5.94. The molecule has 168 valence electrons. The fourth-order valence-electron chi connectivity index (χ4n) is 4.90. The molecule has 0 unspecified atom stereocenters. The normalized spacial score (nSPS) is 21.4. The average Bonchev–Trinajstić information content (AvgIpc) is 3.19. The monoisotopic (exact) mass is 415 g/mol. The van der Waals surface area contributed by atoms with Gasteiger partial charge in [0.15, 0.2) is 0 Å². The number of benzene rings is 1. The van der Waals surface area contributed by atoms with Crippen molar-refractivity contribution in [3.8, 4) is 5.75 Å². The molecule has 2 fully saturated rings. The van der Waals surface area contributed by atoms with E-state index in [1.54, 1.807) is 0 Å². The molecule has 2 heterocycles. The van der Waals surface area contributed by atoms with E-state index in [0.29, 0.717) is 11.5 Å². The van der Waals surface area contributed by atoms with Gasteiger partial charge in [0.1, 0.15) is 11.9 Å². The van der Waals surface area contributed by atoms with Gasteiger partial charge in [-0.1, -0.05) is 40.7 Å². The highest BCUT2D eigenvalue weighted by Crippen LogP contribution is 2.24. The Hall–Kier alpha value is -1.59. The maximum absolute atomic E-state index is 13.1. The minimum atomic E-state index is 0.134. The number of piperidine rings is 1. The summed E-state index contributed by atoms with van der Waals surface area (Å²) in [5.74, 6) is 0.963. The summed E-state index contributed by atoms with van der Waals surface area (Å²) in [6, 6.07) is 8.29. The number of carbonyl (C=O) groups excluding carboxylic acids is 1. The largest absolute Gasteiger partial charge is 0.490 e. The molecule has 0 spiro atoms. The number of likely N-dealkylation sites (tertiary alicyclic amines) is 2. The first kappa shape index (κ1) is 23.1. The molecule has 0 radical (unpaired) electrons. The SMILES string of the molecule is CCN(CC)[C@H]1CCN(C(=O)c2cccc(OC3CCN(CC(C)(C)C)CC3)c2)C1. The molecule has 0 aromatic heterocycles. The number of hydrogen-bond donors (Lipinski definition) is 0. The smallest absolute Gasteiger partial charge is 0.254 e. The highest BCUT2D eigenvalue weighted by Gasteiger charge is 2.30. The quantitative estimate of drug-likeness (QED) is 0.671. The first-order valence-corrected chi connectivity index (χ1v) is 11.8. The van der Waals surface area contributed by atoms with E-state index in [-0.39, 0.29) is 12.0 Å². The van der Waals surface area contributed by atoms with Crippen LogP contribution in [0.15, 0.2) is 24.3 Å². The van der Waals surface area contributed by atoms with Gasteiger partial charge in [-0.25, -0.2) is 0 Å². The molecule has 0 aliphatic carbocycles. The van der Waals surface area contributed by atoms with Gasteiger partial charge in [0, 0.05) is 44.3 Å². The zero-order valence-corrected chi connectivity index (χ0v) is 19.7. The highest BCUT2D eigenvalue weighted by atomic mass is 16.5. The molecule has 5 nitrogen and oxygen atoms in total. The lowest BCUT2D eigenvalue weighted by molar-refractivity contribution is 0.0767. The summed E-state index contributed by atoms with van der Waals surface area (Å²) in [6.07, 6.45) is 3.40. The van der Waals surface area contributed by atoms with Gasteiger partial charge in [-0.05, 0) is 56.0 Å². The Balaban J connectivity index is 1.53. The molecule has 2 aliphatic rings. The molecule has 0 saturated carbocycles. The summed E-state index contributed by atoms with van der Waals surface area (Å²) in [7, 11) is 0. The number of ether oxygens (including phenoxy) is 1. The Morgan fingerprint density at radius 3 is 2.43 bits per heavy atom. The van der Waals surface area contributed by atoms with Crippen LogP contribution in [0.4, 0.5) is 0 Å². The molecular weight excluding hydrogens is 374 g/mol. The van der Waals surface area contributed by atoms with E-state index in [9.17, 15) is 4.79 Å². The van der Waals surface area contributed by atoms with E-state index in [4.69, 9.17) is 4.74 Å². The van der Waals surface area contributed by atoms with Crippen molar-refractivity contribution in [2.24, 2.45) is 5.41 Å². The van der Waals surface area contributed by atoms with Crippen molar-refractivity contribution < 1.29 is 9.53 Å². The van der Waals surface area contributed by atoms with Crippen LogP contribution in [0.3, 0.4) is 0 Å². The van der Waals surface area contributed by atoms with E-state index < -0.39 is 0 Å². The van der Waals surface area contributed by atoms with Gasteiger partial charge in [0.2, 0.25) is 0 Å². The number of likely N-dealkylation sites (N-methyl/N-ethyl adjacent to an activating group) is 1. The molecule has 5 heteroatoms. The van der Waals surface area contributed by atoms with Gasteiger partial charge in [-0.2, -0.15) is 0 Å². The summed E-state index contributed by atoms with van der Waals surface area (Å²) < 4.78 is 6.28. The summed E-state index contributed by atoms with van der Waals surface area (Å²) in [5, 5.41) is 0. The third-order valence-corrected chi connectivity index (χ3v) is 6.40. The molecule has 1 atom stereocenters. The van der Waals surface area contributed by atoms with E-state index in [1.165, 1.54) is 0 Å². The number of hydrogen-bond acceptors (Lipinski definition) is 4. The zero-order valence-electron chi connectivity index (χ0n) is 19.7. The maximum Gasteiger partial charge on any atom is 0.254 e. The van der Waals surface area contributed by atoms with Gasteiger partial charge in [0.05, 0.1) is 0 Å². The molecular formula is C25H41N3O2. The molecule has 1 aromatic rings. The molecule has 1 aromatic carbocycles. The second-order valence-electron chi connectivity index (χ2n) is 10.1. The average molecular weight is 416 g/mol. The molecule has 0 N–H and O–H groups in total. The minimum Gasteiger partial charge on any atom is -0.490 e. The van der Waals surface area contributed by atoms with Crippen molar-refractivity contribution in [3.05, 3.63) is 29.8 Å². The molecule has 2 aliphatic heterocycles. The van der Waals surface area contributed by atoms with Crippen molar-refractivity contribution in [1.29, 1.82) is 0 Å². The lowest BCUT2D eigenvalue weighted by atomic mass is 9.94. The van der Waals surface area contributed by atoms with Crippen LogP contribution in [-0.2, 0) is 0 Å². The van der Waals surface area contributed by atoms with Crippen molar-refractivity contribution in [3.63, 3.8) is 0 Å². The first-order chi connectivity index (χ1) is 14.3. The summed E-state index contributed by atoms with van der Waals surface area (Å²) in [6.45, 7) is 18.3. The Labute approximate surface area is 183 Å². The standard InChI is InChI=1S/C25H41N3O2/c1-6-27(7-2)21-11-16-28(18-21)24(29)20-9-8-10-23(17-20)30-22-12-14-26(15-13-22)19-25(3,4)5/h8-10,17,21-22H,6-7,11-16,18-19H2,1-5H3/t21-/m0/s1. The van der Waals surface area contributed by atoms with E-state index in [1.807, 2.05) is 29.2 Å². The van der Waals surface area contributed by atoms with Crippen molar-refractivity contribution in [2.45, 2.75) is 66.0 Å². The van der Waals surface area contributed by atoms with Crippen molar-refractivity contribution >= 4 is 5.91 Å². The Morgan fingerprint density at radius 2 is 1.80 bits per heavy atom. The first-order valence-electron chi connectivity index (χ1n) is 11.8. The van der Waals surface area contributed by atoms with Gasteiger partial charge < -0.3 is 14.5 Å². The Kier molecular flexibility index (Phi) is 7.81. The fraction of sp³-hybridized carbons (Fsp3) is 0.720. The van der Waals surface area contributed by atoms with Gasteiger partial charge in [0.25, 0.3) is 5.91 Å². The second-order valence-corrected chi connectivity index (χ2v) is 10.1. The number of rotatable bonds is 7. The topological polar surface area (TPSA) is 36.0 Å². The fourth-order valence-corrected chi connectivity index (χ4v) is 4.90. The van der Waals surface area contributed by atoms with Crippen LogP contribution < -0.4 is 4.74 Å². The van der Waals surface area contributed by atoms with E-state index in [0.717, 1.165) is 76.4 Å². The summed E-state index contributed by atoms with van der Waals surface area (Å²) in [4.78, 5) is 20.1. The number of carbonyl (C=O) groups is 1. The third kappa shape index (κ3) is 6.21. The lowest BCUT2D eigenvalue weighted by Gasteiger charge is -2.36. The lowest BCUT2D eigenvalue weighted by Crippen LogP contribution is -2.42. The number of amides is 1. The van der Waals surface area contributed by atoms with Crippen LogP contribution in [0.5, 0.6) is 5.75 Å². The van der Waals surface area contributed by atoms with Gasteiger partial charge >= 0.3 is 0 Å². The number of nitrogens with zero attached hydrogens (tertiary/aromatic N) is 3. The van der Waals surface area contributed by atoms with Crippen molar-refractivity contribution in [1.82, 2.24) is 14.7 Å².